The summed E-state index contributed by atoms with van der Waals surface area (Å²) in [6.45, 7) is 0. The van der Waals surface area contributed by atoms with Gasteiger partial charge in [0, 0.05) is 12.1 Å². The summed E-state index contributed by atoms with van der Waals surface area (Å²) in [5.41, 5.74) is 3.80. The van der Waals surface area contributed by atoms with Gasteiger partial charge in [-0.1, -0.05) is 35.0 Å². The first-order valence-electron chi connectivity index (χ1n) is 5.84. The van der Waals surface area contributed by atoms with Gasteiger partial charge in [-0.2, -0.15) is 0 Å². The van der Waals surface area contributed by atoms with Crippen LogP contribution in [0.3, 0.4) is 0 Å². The van der Waals surface area contributed by atoms with Crippen LogP contribution in [0.2, 0.25) is 5.02 Å². The second-order valence-electron chi connectivity index (χ2n) is 4.38. The van der Waals surface area contributed by atoms with Crippen molar-refractivity contribution in [3.8, 4) is 0 Å². The van der Waals surface area contributed by atoms with Crippen molar-refractivity contribution >= 4 is 34.2 Å². The number of nitrogens with zero attached hydrogens (tertiary/aromatic N) is 3. The van der Waals surface area contributed by atoms with E-state index in [1.807, 2.05) is 49.5 Å². The summed E-state index contributed by atoms with van der Waals surface area (Å²) in [5, 5.41) is 8.49. The molecule has 2 aromatic carbocycles. The Labute approximate surface area is 120 Å². The molecule has 1 heterocycles. The molecule has 96 valence electrons. The fourth-order valence-corrected chi connectivity index (χ4v) is 2.53. The largest absolute Gasteiger partial charge is 0.248 e. The van der Waals surface area contributed by atoms with Gasteiger partial charge in [0.05, 0.1) is 10.9 Å². The predicted molar refractivity (Wildman–Crippen MR) is 77.7 cm³/mol. The Hall–Kier alpha value is -1.58. The topological polar surface area (TPSA) is 30.7 Å². The van der Waals surface area contributed by atoms with Crippen LogP contribution in [0, 0.1) is 0 Å². The number of hydrogen-bond acceptors (Lipinski definition) is 2. The minimum Gasteiger partial charge on any atom is -0.248 e. The summed E-state index contributed by atoms with van der Waals surface area (Å²) < 4.78 is 1.74. The molecule has 0 N–H and O–H groups in total. The molecule has 1 aromatic heterocycles. The number of halogens is 2. The Morgan fingerprint density at radius 2 is 1.89 bits per heavy atom. The molecule has 1 atom stereocenters. The average molecular weight is 292 g/mol. The van der Waals surface area contributed by atoms with Crippen LogP contribution in [0.15, 0.2) is 42.5 Å². The molecule has 0 saturated carbocycles. The standard InChI is InChI=1S/C14H11Cl2N3/c1-19-13-8-10(5-6-12(13)17-18-19)14(16)9-3-2-4-11(15)7-9/h2-8,14H,1H3. The molecule has 19 heavy (non-hydrogen) atoms. The van der Waals surface area contributed by atoms with Crippen molar-refractivity contribution < 1.29 is 0 Å². The zero-order valence-electron chi connectivity index (χ0n) is 10.2. The summed E-state index contributed by atoms with van der Waals surface area (Å²) in [4.78, 5) is 0. The summed E-state index contributed by atoms with van der Waals surface area (Å²) in [5.74, 6) is 0. The normalized spacial score (nSPS) is 12.8. The van der Waals surface area contributed by atoms with Crippen molar-refractivity contribution in [2.75, 3.05) is 0 Å². The van der Waals surface area contributed by atoms with Crippen LogP contribution in [0.5, 0.6) is 0 Å². The van der Waals surface area contributed by atoms with Gasteiger partial charge in [0.15, 0.2) is 0 Å². The highest BCUT2D eigenvalue weighted by molar-refractivity contribution is 6.30. The highest BCUT2D eigenvalue weighted by Crippen LogP contribution is 2.31. The Morgan fingerprint density at radius 3 is 2.68 bits per heavy atom. The minimum atomic E-state index is -0.238. The van der Waals surface area contributed by atoms with E-state index in [1.165, 1.54) is 0 Å². The first-order chi connectivity index (χ1) is 9.15. The average Bonchev–Trinajstić information content (AvgIpc) is 2.79. The van der Waals surface area contributed by atoms with Crippen LogP contribution in [0.1, 0.15) is 16.5 Å². The molecule has 0 amide bonds. The van der Waals surface area contributed by atoms with Crippen molar-refractivity contribution in [3.63, 3.8) is 0 Å². The summed E-state index contributed by atoms with van der Waals surface area (Å²) >= 11 is 12.5. The smallest absolute Gasteiger partial charge is 0.113 e. The molecule has 0 aliphatic rings. The van der Waals surface area contributed by atoms with Crippen LogP contribution >= 0.6 is 23.2 Å². The molecular weight excluding hydrogens is 281 g/mol. The number of rotatable bonds is 2. The molecule has 0 saturated heterocycles. The van der Waals surface area contributed by atoms with E-state index in [-0.39, 0.29) is 5.38 Å². The van der Waals surface area contributed by atoms with E-state index >= 15 is 0 Å². The molecule has 0 spiro atoms. The number of alkyl halides is 1. The number of aryl methyl sites for hydroxylation is 1. The van der Waals surface area contributed by atoms with Crippen LogP contribution in [-0.2, 0) is 7.05 Å². The number of aromatic nitrogens is 3. The molecule has 0 radical (unpaired) electrons. The Morgan fingerprint density at radius 1 is 1.11 bits per heavy atom. The van der Waals surface area contributed by atoms with Crippen molar-refractivity contribution in [2.45, 2.75) is 5.38 Å². The van der Waals surface area contributed by atoms with Gasteiger partial charge < -0.3 is 0 Å². The number of fused-ring (bicyclic) bond motifs is 1. The summed E-state index contributed by atoms with van der Waals surface area (Å²) in [7, 11) is 1.86. The van der Waals surface area contributed by atoms with Crippen molar-refractivity contribution in [1.29, 1.82) is 0 Å². The third-order valence-electron chi connectivity index (χ3n) is 3.07. The molecule has 3 aromatic rings. The monoisotopic (exact) mass is 291 g/mol. The first kappa shape index (κ1) is 12.5. The van der Waals surface area contributed by atoms with Gasteiger partial charge in [0.2, 0.25) is 0 Å². The molecule has 5 heteroatoms. The van der Waals surface area contributed by atoms with Gasteiger partial charge in [-0.3, -0.25) is 0 Å². The fraction of sp³-hybridized carbons (Fsp3) is 0.143. The maximum atomic E-state index is 6.51. The van der Waals surface area contributed by atoms with E-state index in [0.717, 1.165) is 22.2 Å². The SMILES string of the molecule is Cn1nnc2ccc(C(Cl)c3cccc(Cl)c3)cc21. The van der Waals surface area contributed by atoms with E-state index in [0.29, 0.717) is 5.02 Å². The predicted octanol–water partition coefficient (Wildman–Crippen LogP) is 3.95. The number of benzene rings is 2. The van der Waals surface area contributed by atoms with E-state index < -0.39 is 0 Å². The van der Waals surface area contributed by atoms with Crippen LogP contribution in [0.4, 0.5) is 0 Å². The van der Waals surface area contributed by atoms with Gasteiger partial charge in [-0.05, 0) is 35.4 Å². The molecule has 0 bridgehead atoms. The molecule has 0 fully saturated rings. The third-order valence-corrected chi connectivity index (χ3v) is 3.81. The van der Waals surface area contributed by atoms with Gasteiger partial charge in [-0.25, -0.2) is 4.68 Å². The van der Waals surface area contributed by atoms with Crippen LogP contribution in [0.25, 0.3) is 11.0 Å². The van der Waals surface area contributed by atoms with E-state index in [1.54, 1.807) is 4.68 Å². The van der Waals surface area contributed by atoms with E-state index in [4.69, 9.17) is 23.2 Å². The molecule has 0 aliphatic carbocycles. The van der Waals surface area contributed by atoms with Crippen molar-refractivity contribution in [2.24, 2.45) is 7.05 Å². The van der Waals surface area contributed by atoms with Gasteiger partial charge in [0.1, 0.15) is 5.52 Å². The first-order valence-corrected chi connectivity index (χ1v) is 6.65. The quantitative estimate of drug-likeness (QED) is 0.670. The maximum absolute atomic E-state index is 6.51. The minimum absolute atomic E-state index is 0.238. The van der Waals surface area contributed by atoms with Crippen LogP contribution < -0.4 is 0 Å². The molecule has 0 aliphatic heterocycles. The highest BCUT2D eigenvalue weighted by atomic mass is 35.5. The lowest BCUT2D eigenvalue weighted by molar-refractivity contribution is 0.736. The summed E-state index contributed by atoms with van der Waals surface area (Å²) in [6.07, 6.45) is 0. The van der Waals surface area contributed by atoms with Gasteiger partial charge in [-0.15, -0.1) is 16.7 Å². The Balaban J connectivity index is 2.05. The third kappa shape index (κ3) is 2.31. The maximum Gasteiger partial charge on any atom is 0.113 e. The zero-order valence-corrected chi connectivity index (χ0v) is 11.7. The summed E-state index contributed by atoms with van der Waals surface area (Å²) in [6, 6.07) is 13.5. The lowest BCUT2D eigenvalue weighted by Gasteiger charge is -2.10. The van der Waals surface area contributed by atoms with Crippen LogP contribution in [-0.4, -0.2) is 15.0 Å². The lowest BCUT2D eigenvalue weighted by atomic mass is 10.0. The Kier molecular flexibility index (Phi) is 3.17. The van der Waals surface area contributed by atoms with E-state index in [2.05, 4.69) is 10.3 Å². The fourth-order valence-electron chi connectivity index (χ4n) is 2.06. The second kappa shape index (κ2) is 4.83. The molecular formula is C14H11Cl2N3. The molecule has 3 rings (SSSR count). The van der Waals surface area contributed by atoms with E-state index in [9.17, 15) is 0 Å². The lowest BCUT2D eigenvalue weighted by Crippen LogP contribution is -1.95. The van der Waals surface area contributed by atoms with Gasteiger partial charge in [0.25, 0.3) is 0 Å². The van der Waals surface area contributed by atoms with Crippen molar-refractivity contribution in [1.82, 2.24) is 15.0 Å². The van der Waals surface area contributed by atoms with Crippen molar-refractivity contribution in [3.05, 3.63) is 58.6 Å². The molecule has 3 nitrogen and oxygen atoms in total. The zero-order chi connectivity index (χ0) is 13.4. The molecule has 1 unspecified atom stereocenters. The highest BCUT2D eigenvalue weighted by Gasteiger charge is 2.13. The number of hydrogen-bond donors (Lipinski definition) is 0. The van der Waals surface area contributed by atoms with Gasteiger partial charge >= 0.3 is 0 Å². The second-order valence-corrected chi connectivity index (χ2v) is 5.25. The Bertz CT molecular complexity index is 736.